The first kappa shape index (κ1) is 14.7. The molecule has 2 aromatic rings. The van der Waals surface area contributed by atoms with Crippen molar-refractivity contribution in [2.75, 3.05) is 20.3 Å². The number of methoxy groups -OCH3 is 1. The van der Waals surface area contributed by atoms with Gasteiger partial charge >= 0.3 is 0 Å². The maximum Gasteiger partial charge on any atom is 0.240 e. The molecule has 0 unspecified atom stereocenters. The van der Waals surface area contributed by atoms with Gasteiger partial charge < -0.3 is 9.47 Å². The number of ether oxygens (including phenoxy) is 2. The summed E-state index contributed by atoms with van der Waals surface area (Å²) in [6, 6.07) is 6.48. The Labute approximate surface area is 117 Å². The van der Waals surface area contributed by atoms with Gasteiger partial charge in [-0.1, -0.05) is 0 Å². The van der Waals surface area contributed by atoms with E-state index in [0.29, 0.717) is 29.9 Å². The fourth-order valence-electron chi connectivity index (χ4n) is 1.86. The monoisotopic (exact) mass is 296 g/mol. The molecular formula is C13H16N2O4S. The Morgan fingerprint density at radius 2 is 2.05 bits per heavy atom. The fraction of sp³-hybridized carbons (Fsp3) is 0.308. The van der Waals surface area contributed by atoms with Crippen LogP contribution in [-0.4, -0.2) is 33.7 Å². The van der Waals surface area contributed by atoms with E-state index in [2.05, 4.69) is 4.98 Å². The van der Waals surface area contributed by atoms with E-state index >= 15 is 0 Å². The highest BCUT2D eigenvalue weighted by Gasteiger charge is 2.15. The van der Waals surface area contributed by atoms with Crippen molar-refractivity contribution in [1.29, 1.82) is 0 Å². The van der Waals surface area contributed by atoms with Crippen LogP contribution in [0.5, 0.6) is 5.75 Å². The highest BCUT2D eigenvalue weighted by atomic mass is 32.2. The normalized spacial score (nSPS) is 11.7. The minimum atomic E-state index is -3.81. The van der Waals surface area contributed by atoms with Crippen molar-refractivity contribution in [3.63, 3.8) is 0 Å². The zero-order valence-electron chi connectivity index (χ0n) is 11.1. The minimum Gasteiger partial charge on any atom is -0.493 e. The molecule has 20 heavy (non-hydrogen) atoms. The fourth-order valence-corrected chi connectivity index (χ4v) is 2.55. The molecule has 0 saturated heterocycles. The molecule has 1 heterocycles. The second kappa shape index (κ2) is 6.17. The zero-order chi connectivity index (χ0) is 14.6. The van der Waals surface area contributed by atoms with Gasteiger partial charge in [-0.3, -0.25) is 4.98 Å². The number of benzene rings is 1. The molecule has 0 amide bonds. The molecule has 0 atom stereocenters. The molecule has 0 radical (unpaired) electrons. The van der Waals surface area contributed by atoms with E-state index in [1.165, 1.54) is 12.3 Å². The molecule has 0 saturated carbocycles. The lowest BCUT2D eigenvalue weighted by Gasteiger charge is -2.10. The molecular weight excluding hydrogens is 280 g/mol. The lowest BCUT2D eigenvalue weighted by molar-refractivity contribution is 0.172. The first-order valence-electron chi connectivity index (χ1n) is 6.06. The van der Waals surface area contributed by atoms with E-state index in [1.807, 2.05) is 0 Å². The molecule has 7 heteroatoms. The molecule has 0 aliphatic rings. The molecule has 2 N–H and O–H groups in total. The van der Waals surface area contributed by atoms with Crippen LogP contribution in [0.3, 0.4) is 0 Å². The molecule has 0 bridgehead atoms. The Hall–Kier alpha value is -1.70. The Morgan fingerprint density at radius 3 is 2.75 bits per heavy atom. The maximum absolute atomic E-state index is 11.5. The number of hydrogen-bond acceptors (Lipinski definition) is 5. The van der Waals surface area contributed by atoms with Crippen LogP contribution in [0.2, 0.25) is 0 Å². The lowest BCUT2D eigenvalue weighted by atomic mass is 10.2. The number of primary sulfonamides is 1. The van der Waals surface area contributed by atoms with Gasteiger partial charge in [-0.2, -0.15) is 0 Å². The summed E-state index contributed by atoms with van der Waals surface area (Å²) in [5.74, 6) is 0.580. The quantitative estimate of drug-likeness (QED) is 0.811. The van der Waals surface area contributed by atoms with E-state index in [-0.39, 0.29) is 4.90 Å². The van der Waals surface area contributed by atoms with Crippen molar-refractivity contribution in [3.8, 4) is 5.75 Å². The van der Waals surface area contributed by atoms with Crippen LogP contribution in [0.25, 0.3) is 10.9 Å². The zero-order valence-corrected chi connectivity index (χ0v) is 11.9. The van der Waals surface area contributed by atoms with Crippen LogP contribution in [0, 0.1) is 0 Å². The Bertz CT molecular complexity index is 701. The molecule has 6 nitrogen and oxygen atoms in total. The van der Waals surface area contributed by atoms with Crippen LogP contribution < -0.4 is 9.88 Å². The van der Waals surface area contributed by atoms with E-state index < -0.39 is 10.0 Å². The van der Waals surface area contributed by atoms with E-state index in [1.54, 1.807) is 25.3 Å². The van der Waals surface area contributed by atoms with Gasteiger partial charge in [-0.25, -0.2) is 13.6 Å². The van der Waals surface area contributed by atoms with Crippen molar-refractivity contribution >= 4 is 20.9 Å². The molecule has 0 aliphatic heterocycles. The van der Waals surface area contributed by atoms with Crippen molar-refractivity contribution < 1.29 is 17.9 Å². The number of aromatic nitrogens is 1. The molecule has 0 spiro atoms. The van der Waals surface area contributed by atoms with Crippen molar-refractivity contribution in [3.05, 3.63) is 30.5 Å². The summed E-state index contributed by atoms with van der Waals surface area (Å²) in [5.41, 5.74) is 0.319. The third-order valence-corrected chi connectivity index (χ3v) is 3.69. The molecule has 108 valence electrons. The van der Waals surface area contributed by atoms with E-state index in [9.17, 15) is 8.42 Å². The average molecular weight is 296 g/mol. The third kappa shape index (κ3) is 3.24. The number of sulfonamides is 1. The SMILES string of the molecule is COCCCOc1ccc(S(N)(=O)=O)c2ncccc12. The van der Waals surface area contributed by atoms with Crippen molar-refractivity contribution in [2.24, 2.45) is 5.14 Å². The Balaban J connectivity index is 2.39. The van der Waals surface area contributed by atoms with Gasteiger partial charge in [0.2, 0.25) is 10.0 Å². The largest absolute Gasteiger partial charge is 0.493 e. The molecule has 0 fully saturated rings. The average Bonchev–Trinajstić information content (AvgIpc) is 2.42. The van der Waals surface area contributed by atoms with Crippen molar-refractivity contribution in [2.45, 2.75) is 11.3 Å². The van der Waals surface area contributed by atoms with Crippen LogP contribution >= 0.6 is 0 Å². The van der Waals surface area contributed by atoms with Crippen molar-refractivity contribution in [1.82, 2.24) is 4.98 Å². The van der Waals surface area contributed by atoms with Crippen LogP contribution in [0.4, 0.5) is 0 Å². The predicted molar refractivity (Wildman–Crippen MR) is 75.1 cm³/mol. The minimum absolute atomic E-state index is 0.00246. The first-order valence-corrected chi connectivity index (χ1v) is 7.61. The van der Waals surface area contributed by atoms with Crippen LogP contribution in [0.1, 0.15) is 6.42 Å². The van der Waals surface area contributed by atoms with E-state index in [0.717, 1.165) is 6.42 Å². The lowest BCUT2D eigenvalue weighted by Crippen LogP contribution is -2.13. The molecule has 0 aliphatic carbocycles. The molecule has 1 aromatic heterocycles. The Kier molecular flexibility index (Phi) is 4.53. The molecule has 2 rings (SSSR count). The second-order valence-electron chi connectivity index (χ2n) is 4.20. The highest BCUT2D eigenvalue weighted by molar-refractivity contribution is 7.89. The summed E-state index contributed by atoms with van der Waals surface area (Å²) in [6.07, 6.45) is 2.26. The highest BCUT2D eigenvalue weighted by Crippen LogP contribution is 2.28. The Morgan fingerprint density at radius 1 is 1.25 bits per heavy atom. The number of nitrogens with two attached hydrogens (primary N) is 1. The number of fused-ring (bicyclic) bond motifs is 1. The maximum atomic E-state index is 11.5. The number of nitrogens with zero attached hydrogens (tertiary/aromatic N) is 1. The van der Waals surface area contributed by atoms with Crippen LogP contribution in [-0.2, 0) is 14.8 Å². The summed E-state index contributed by atoms with van der Waals surface area (Å²) >= 11 is 0. The number of hydrogen-bond donors (Lipinski definition) is 1. The van der Waals surface area contributed by atoms with Crippen LogP contribution in [0.15, 0.2) is 35.4 Å². The summed E-state index contributed by atoms with van der Waals surface area (Å²) in [4.78, 5) is 4.09. The van der Waals surface area contributed by atoms with Gasteiger partial charge in [-0.15, -0.1) is 0 Å². The van der Waals surface area contributed by atoms with Gasteiger partial charge in [-0.05, 0) is 24.3 Å². The predicted octanol–water partition coefficient (Wildman–Crippen LogP) is 1.30. The smallest absolute Gasteiger partial charge is 0.240 e. The first-order chi connectivity index (χ1) is 9.54. The van der Waals surface area contributed by atoms with Gasteiger partial charge in [0, 0.05) is 31.7 Å². The van der Waals surface area contributed by atoms with Gasteiger partial charge in [0.05, 0.1) is 12.1 Å². The topological polar surface area (TPSA) is 91.5 Å². The number of rotatable bonds is 6. The number of pyridine rings is 1. The summed E-state index contributed by atoms with van der Waals surface area (Å²) in [5, 5.41) is 5.81. The second-order valence-corrected chi connectivity index (χ2v) is 5.73. The summed E-state index contributed by atoms with van der Waals surface area (Å²) in [6.45, 7) is 1.08. The molecule has 1 aromatic carbocycles. The summed E-state index contributed by atoms with van der Waals surface area (Å²) in [7, 11) is -2.19. The van der Waals surface area contributed by atoms with Gasteiger partial charge in [0.15, 0.2) is 0 Å². The third-order valence-electron chi connectivity index (χ3n) is 2.75. The van der Waals surface area contributed by atoms with E-state index in [4.69, 9.17) is 14.6 Å². The standard InChI is InChI=1S/C13H16N2O4S/c1-18-8-3-9-19-11-5-6-12(20(14,16)17)13-10(11)4-2-7-15-13/h2,4-7H,3,8-9H2,1H3,(H2,14,16,17). The van der Waals surface area contributed by atoms with Gasteiger partial charge in [0.25, 0.3) is 0 Å². The van der Waals surface area contributed by atoms with Gasteiger partial charge in [0.1, 0.15) is 10.6 Å². The summed E-state index contributed by atoms with van der Waals surface area (Å²) < 4.78 is 33.7.